The number of ether oxygens (including phenoxy) is 1. The first-order valence-corrected chi connectivity index (χ1v) is 9.21. The standard InChI is InChI=1S/C16H23N3OS2/c1-3-12(10-22-11-15-17-16(21)19-18-15)9-20-14-8-6-5-7-13(14)4-2/h5-8,12H,3-4,9-11H2,1-2H3,(H2,17,18,19,21). The van der Waals surface area contributed by atoms with E-state index in [1.165, 1.54) is 5.56 Å². The van der Waals surface area contributed by atoms with Gasteiger partial charge in [0.25, 0.3) is 0 Å². The highest BCUT2D eigenvalue weighted by Gasteiger charge is 2.10. The highest BCUT2D eigenvalue weighted by Crippen LogP contribution is 2.21. The number of thioether (sulfide) groups is 1. The van der Waals surface area contributed by atoms with Crippen molar-refractivity contribution < 1.29 is 4.74 Å². The molecule has 1 unspecified atom stereocenters. The number of H-pyrrole nitrogens is 2. The Kier molecular flexibility index (Phi) is 6.99. The maximum Gasteiger partial charge on any atom is 0.192 e. The first kappa shape index (κ1) is 17.1. The number of nitrogens with one attached hydrogen (secondary N) is 2. The monoisotopic (exact) mass is 337 g/mol. The SMILES string of the molecule is CCc1ccccc1OCC(CC)CSCc1n[nH]c(=S)[nH]1. The molecule has 120 valence electrons. The third kappa shape index (κ3) is 5.18. The average molecular weight is 338 g/mol. The zero-order valence-electron chi connectivity index (χ0n) is 13.1. The van der Waals surface area contributed by atoms with Crippen molar-refractivity contribution in [1.82, 2.24) is 15.2 Å². The van der Waals surface area contributed by atoms with Crippen LogP contribution in [-0.2, 0) is 12.2 Å². The lowest BCUT2D eigenvalue weighted by atomic mass is 10.1. The van der Waals surface area contributed by atoms with E-state index in [0.717, 1.165) is 42.5 Å². The Morgan fingerprint density at radius 2 is 2.14 bits per heavy atom. The van der Waals surface area contributed by atoms with E-state index < -0.39 is 0 Å². The van der Waals surface area contributed by atoms with E-state index in [9.17, 15) is 0 Å². The number of aryl methyl sites for hydroxylation is 1. The van der Waals surface area contributed by atoms with E-state index in [1.807, 2.05) is 17.8 Å². The minimum atomic E-state index is 0.539. The van der Waals surface area contributed by atoms with Gasteiger partial charge in [0.1, 0.15) is 11.6 Å². The summed E-state index contributed by atoms with van der Waals surface area (Å²) in [7, 11) is 0. The minimum Gasteiger partial charge on any atom is -0.493 e. The van der Waals surface area contributed by atoms with E-state index >= 15 is 0 Å². The van der Waals surface area contributed by atoms with Crippen LogP contribution in [0.5, 0.6) is 5.75 Å². The second-order valence-electron chi connectivity index (χ2n) is 5.19. The molecule has 22 heavy (non-hydrogen) atoms. The van der Waals surface area contributed by atoms with Crippen molar-refractivity contribution in [2.75, 3.05) is 12.4 Å². The topological polar surface area (TPSA) is 53.7 Å². The Hall–Kier alpha value is -1.27. The van der Waals surface area contributed by atoms with Crippen LogP contribution in [0.25, 0.3) is 0 Å². The molecule has 0 fully saturated rings. The molecule has 1 aromatic heterocycles. The highest BCUT2D eigenvalue weighted by molar-refractivity contribution is 7.98. The number of rotatable bonds is 9. The maximum atomic E-state index is 6.03. The molecule has 1 aromatic carbocycles. The van der Waals surface area contributed by atoms with Gasteiger partial charge in [-0.2, -0.15) is 16.9 Å². The summed E-state index contributed by atoms with van der Waals surface area (Å²) in [5.41, 5.74) is 1.27. The van der Waals surface area contributed by atoms with Crippen LogP contribution in [0.15, 0.2) is 24.3 Å². The minimum absolute atomic E-state index is 0.539. The van der Waals surface area contributed by atoms with Crippen molar-refractivity contribution in [3.63, 3.8) is 0 Å². The van der Waals surface area contributed by atoms with Crippen molar-refractivity contribution in [1.29, 1.82) is 0 Å². The molecule has 0 radical (unpaired) electrons. The average Bonchev–Trinajstić information content (AvgIpc) is 2.96. The van der Waals surface area contributed by atoms with Crippen LogP contribution in [0.1, 0.15) is 31.7 Å². The predicted molar refractivity (Wildman–Crippen MR) is 95.0 cm³/mol. The zero-order chi connectivity index (χ0) is 15.8. The predicted octanol–water partition coefficient (Wildman–Crippen LogP) is 4.37. The van der Waals surface area contributed by atoms with Crippen molar-refractivity contribution in [3.8, 4) is 5.75 Å². The number of hydrogen-bond acceptors (Lipinski definition) is 4. The van der Waals surface area contributed by atoms with Crippen LogP contribution in [0.3, 0.4) is 0 Å². The van der Waals surface area contributed by atoms with E-state index in [0.29, 0.717) is 10.7 Å². The zero-order valence-corrected chi connectivity index (χ0v) is 14.7. The Morgan fingerprint density at radius 1 is 1.32 bits per heavy atom. The quantitative estimate of drug-likeness (QED) is 0.667. The number of aromatic nitrogens is 3. The van der Waals surface area contributed by atoms with Gasteiger partial charge in [0.05, 0.1) is 12.4 Å². The van der Waals surface area contributed by atoms with E-state index in [2.05, 4.69) is 47.2 Å². The normalized spacial score (nSPS) is 12.3. The first-order valence-electron chi connectivity index (χ1n) is 7.64. The van der Waals surface area contributed by atoms with Crippen LogP contribution < -0.4 is 4.74 Å². The number of aromatic amines is 2. The van der Waals surface area contributed by atoms with Crippen molar-refractivity contribution in [2.45, 2.75) is 32.4 Å². The van der Waals surface area contributed by atoms with Gasteiger partial charge < -0.3 is 9.72 Å². The second-order valence-corrected chi connectivity index (χ2v) is 6.62. The molecule has 6 heteroatoms. The van der Waals surface area contributed by atoms with Crippen LogP contribution in [0, 0.1) is 10.7 Å². The largest absolute Gasteiger partial charge is 0.493 e. The van der Waals surface area contributed by atoms with Crippen LogP contribution in [-0.4, -0.2) is 27.5 Å². The Labute approximate surface area is 141 Å². The lowest BCUT2D eigenvalue weighted by Crippen LogP contribution is -2.14. The van der Waals surface area contributed by atoms with Gasteiger partial charge in [-0.1, -0.05) is 32.0 Å². The summed E-state index contributed by atoms with van der Waals surface area (Å²) < 4.78 is 6.61. The summed E-state index contributed by atoms with van der Waals surface area (Å²) in [5.74, 6) is 4.36. The van der Waals surface area contributed by atoms with Gasteiger partial charge in [-0.25, -0.2) is 0 Å². The molecule has 0 aliphatic carbocycles. The maximum absolute atomic E-state index is 6.03. The van der Waals surface area contributed by atoms with Gasteiger partial charge in [-0.05, 0) is 42.4 Å². The third-order valence-corrected chi connectivity index (χ3v) is 4.93. The van der Waals surface area contributed by atoms with E-state index in [-0.39, 0.29) is 0 Å². The molecule has 0 aliphatic heterocycles. The Morgan fingerprint density at radius 3 is 2.82 bits per heavy atom. The second kappa shape index (κ2) is 9.00. The number of benzene rings is 1. The molecule has 0 amide bonds. The van der Waals surface area contributed by atoms with E-state index in [1.54, 1.807) is 0 Å². The van der Waals surface area contributed by atoms with Crippen molar-refractivity contribution in [3.05, 3.63) is 40.4 Å². The summed E-state index contributed by atoms with van der Waals surface area (Å²) in [6.45, 7) is 5.13. The lowest BCUT2D eigenvalue weighted by molar-refractivity contribution is 0.257. The Balaban J connectivity index is 1.78. The summed E-state index contributed by atoms with van der Waals surface area (Å²) in [6, 6.07) is 8.28. The molecule has 1 heterocycles. The van der Waals surface area contributed by atoms with Gasteiger partial charge in [-0.3, -0.25) is 5.10 Å². The molecule has 2 aromatic rings. The van der Waals surface area contributed by atoms with Crippen molar-refractivity contribution in [2.24, 2.45) is 5.92 Å². The fourth-order valence-corrected chi connectivity index (χ4v) is 3.40. The molecule has 0 saturated heterocycles. The molecule has 0 bridgehead atoms. The highest BCUT2D eigenvalue weighted by atomic mass is 32.2. The number of para-hydroxylation sites is 1. The lowest BCUT2D eigenvalue weighted by Gasteiger charge is -2.17. The molecule has 0 aliphatic rings. The van der Waals surface area contributed by atoms with Gasteiger partial charge in [0, 0.05) is 5.92 Å². The molecule has 4 nitrogen and oxygen atoms in total. The smallest absolute Gasteiger partial charge is 0.192 e. The Bertz CT molecular complexity index is 624. The number of hydrogen-bond donors (Lipinski definition) is 2. The van der Waals surface area contributed by atoms with Crippen LogP contribution >= 0.6 is 24.0 Å². The van der Waals surface area contributed by atoms with Gasteiger partial charge in [0.15, 0.2) is 4.77 Å². The first-order chi connectivity index (χ1) is 10.7. The molecule has 1 atom stereocenters. The molecular weight excluding hydrogens is 314 g/mol. The van der Waals surface area contributed by atoms with Gasteiger partial charge >= 0.3 is 0 Å². The van der Waals surface area contributed by atoms with Gasteiger partial charge in [-0.15, -0.1) is 0 Å². The molecule has 0 saturated carbocycles. The van der Waals surface area contributed by atoms with Gasteiger partial charge in [0.2, 0.25) is 0 Å². The summed E-state index contributed by atoms with van der Waals surface area (Å²) in [5, 5.41) is 6.87. The van der Waals surface area contributed by atoms with Crippen LogP contribution in [0.4, 0.5) is 0 Å². The summed E-state index contributed by atoms with van der Waals surface area (Å²) in [6.07, 6.45) is 2.11. The van der Waals surface area contributed by atoms with Crippen LogP contribution in [0.2, 0.25) is 0 Å². The molecule has 0 spiro atoms. The fourth-order valence-electron chi connectivity index (χ4n) is 2.12. The summed E-state index contributed by atoms with van der Waals surface area (Å²) >= 11 is 6.83. The van der Waals surface area contributed by atoms with E-state index in [4.69, 9.17) is 17.0 Å². The summed E-state index contributed by atoms with van der Waals surface area (Å²) in [4.78, 5) is 3.04. The van der Waals surface area contributed by atoms with Crippen molar-refractivity contribution >= 4 is 24.0 Å². The third-order valence-electron chi connectivity index (χ3n) is 3.55. The molecular formula is C16H23N3OS2. The molecule has 2 rings (SSSR count). The fraction of sp³-hybridized carbons (Fsp3) is 0.500. The number of nitrogens with zero attached hydrogens (tertiary/aromatic N) is 1. The molecule has 2 N–H and O–H groups in total.